The van der Waals surface area contributed by atoms with Crippen LogP contribution in [0, 0.1) is 5.92 Å². The molecular weight excluding hydrogens is 248 g/mol. The van der Waals surface area contributed by atoms with E-state index < -0.39 is 10.0 Å². The van der Waals surface area contributed by atoms with Gasteiger partial charge in [0.05, 0.1) is 5.75 Å². The molecule has 0 saturated heterocycles. The van der Waals surface area contributed by atoms with Crippen LogP contribution in [0.1, 0.15) is 25.0 Å². The Morgan fingerprint density at radius 3 is 2.11 bits per heavy atom. The molecule has 0 heterocycles. The van der Waals surface area contributed by atoms with Crippen molar-refractivity contribution in [1.29, 1.82) is 0 Å². The van der Waals surface area contributed by atoms with Crippen LogP contribution in [0.25, 0.3) is 0 Å². The Morgan fingerprint density at radius 2 is 1.67 bits per heavy atom. The Labute approximate surface area is 110 Å². The van der Waals surface area contributed by atoms with E-state index >= 15 is 0 Å². The summed E-state index contributed by atoms with van der Waals surface area (Å²) in [7, 11) is -1.60. The van der Waals surface area contributed by atoms with E-state index in [9.17, 15) is 8.42 Å². The van der Waals surface area contributed by atoms with Crippen molar-refractivity contribution in [2.24, 2.45) is 11.7 Å². The summed E-state index contributed by atoms with van der Waals surface area (Å²) in [4.78, 5) is 0. The van der Waals surface area contributed by atoms with Gasteiger partial charge in [0.15, 0.2) is 0 Å². The second-order valence-electron chi connectivity index (χ2n) is 4.95. The van der Waals surface area contributed by atoms with Gasteiger partial charge in [0.2, 0.25) is 10.0 Å². The van der Waals surface area contributed by atoms with Crippen molar-refractivity contribution in [3.8, 4) is 0 Å². The second-order valence-corrected chi connectivity index (χ2v) is 7.03. The molecule has 0 spiro atoms. The molecule has 1 aromatic carbocycles. The second kappa shape index (κ2) is 6.31. The summed E-state index contributed by atoms with van der Waals surface area (Å²) in [5, 5.41) is 0. The third-order valence-electron chi connectivity index (χ3n) is 2.70. The summed E-state index contributed by atoms with van der Waals surface area (Å²) in [5.41, 5.74) is 7.30. The zero-order valence-corrected chi connectivity index (χ0v) is 12.1. The van der Waals surface area contributed by atoms with Crippen molar-refractivity contribution in [2.45, 2.75) is 26.1 Å². The van der Waals surface area contributed by atoms with Gasteiger partial charge < -0.3 is 5.73 Å². The number of hydrogen-bond acceptors (Lipinski definition) is 3. The molecule has 0 atom stereocenters. The summed E-state index contributed by atoms with van der Waals surface area (Å²) in [6.07, 6.45) is 0. The van der Waals surface area contributed by atoms with Gasteiger partial charge in [0, 0.05) is 20.1 Å². The van der Waals surface area contributed by atoms with Crippen molar-refractivity contribution >= 4 is 10.0 Å². The molecule has 18 heavy (non-hydrogen) atoms. The first kappa shape index (κ1) is 15.1. The Hall–Kier alpha value is -0.910. The highest BCUT2D eigenvalue weighted by atomic mass is 32.2. The third-order valence-corrected chi connectivity index (χ3v) is 4.50. The summed E-state index contributed by atoms with van der Waals surface area (Å²) >= 11 is 0. The molecule has 0 aliphatic rings. The molecule has 0 fully saturated rings. The zero-order chi connectivity index (χ0) is 13.8. The van der Waals surface area contributed by atoms with Gasteiger partial charge in [0.25, 0.3) is 0 Å². The first-order valence-electron chi connectivity index (χ1n) is 6.07. The van der Waals surface area contributed by atoms with Crippen LogP contribution in [0.4, 0.5) is 0 Å². The smallest absolute Gasteiger partial charge is 0.218 e. The van der Waals surface area contributed by atoms with Gasteiger partial charge in [-0.05, 0) is 17.0 Å². The topological polar surface area (TPSA) is 63.4 Å². The fraction of sp³-hybridized carbons (Fsp3) is 0.538. The molecule has 0 aliphatic carbocycles. The lowest BCUT2D eigenvalue weighted by Crippen LogP contribution is -2.31. The summed E-state index contributed by atoms with van der Waals surface area (Å²) < 4.78 is 25.6. The van der Waals surface area contributed by atoms with E-state index in [0.29, 0.717) is 19.0 Å². The number of benzene rings is 1. The van der Waals surface area contributed by atoms with Crippen LogP contribution >= 0.6 is 0 Å². The van der Waals surface area contributed by atoms with Crippen LogP contribution in [0.2, 0.25) is 0 Å². The number of rotatable bonds is 6. The predicted octanol–water partition coefficient (Wildman–Crippen LogP) is 1.56. The lowest BCUT2D eigenvalue weighted by Gasteiger charge is -2.19. The van der Waals surface area contributed by atoms with E-state index in [1.165, 1.54) is 4.31 Å². The molecule has 1 rings (SSSR count). The molecule has 5 heteroatoms. The van der Waals surface area contributed by atoms with Crippen LogP contribution in [0.15, 0.2) is 24.3 Å². The number of nitrogens with zero attached hydrogens (tertiary/aromatic N) is 1. The van der Waals surface area contributed by atoms with Crippen molar-refractivity contribution in [3.63, 3.8) is 0 Å². The summed E-state index contributed by atoms with van der Waals surface area (Å²) in [5.74, 6) is 0.366. The van der Waals surface area contributed by atoms with Crippen molar-refractivity contribution in [2.75, 3.05) is 13.6 Å². The first-order valence-corrected chi connectivity index (χ1v) is 7.68. The minimum atomic E-state index is -3.23. The Bertz CT molecular complexity index is 466. The van der Waals surface area contributed by atoms with Crippen LogP contribution in [0.3, 0.4) is 0 Å². The largest absolute Gasteiger partial charge is 0.326 e. The van der Waals surface area contributed by atoms with Gasteiger partial charge in [-0.15, -0.1) is 0 Å². The van der Waals surface area contributed by atoms with E-state index in [1.807, 2.05) is 38.1 Å². The Morgan fingerprint density at radius 1 is 1.17 bits per heavy atom. The zero-order valence-electron chi connectivity index (χ0n) is 11.3. The first-order chi connectivity index (χ1) is 8.35. The maximum Gasteiger partial charge on any atom is 0.218 e. The highest BCUT2D eigenvalue weighted by Gasteiger charge is 2.19. The fourth-order valence-corrected chi connectivity index (χ4v) is 3.08. The number of sulfonamides is 1. The molecule has 0 aromatic heterocycles. The van der Waals surface area contributed by atoms with Gasteiger partial charge in [-0.25, -0.2) is 12.7 Å². The van der Waals surface area contributed by atoms with Gasteiger partial charge in [0.1, 0.15) is 0 Å². The van der Waals surface area contributed by atoms with Gasteiger partial charge in [-0.3, -0.25) is 0 Å². The van der Waals surface area contributed by atoms with E-state index in [0.717, 1.165) is 11.1 Å². The van der Waals surface area contributed by atoms with Crippen LogP contribution in [0.5, 0.6) is 0 Å². The van der Waals surface area contributed by atoms with E-state index in [-0.39, 0.29) is 5.75 Å². The molecule has 0 saturated carbocycles. The van der Waals surface area contributed by atoms with Gasteiger partial charge in [-0.1, -0.05) is 38.1 Å². The molecule has 0 radical (unpaired) electrons. The van der Waals surface area contributed by atoms with Crippen LogP contribution in [-0.2, 0) is 22.3 Å². The highest BCUT2D eigenvalue weighted by molar-refractivity contribution is 7.88. The SMILES string of the molecule is CC(C)CN(C)S(=O)(=O)Cc1ccc(CN)cc1. The van der Waals surface area contributed by atoms with Crippen molar-refractivity contribution in [1.82, 2.24) is 4.31 Å². The van der Waals surface area contributed by atoms with Gasteiger partial charge in [-0.2, -0.15) is 0 Å². The fourth-order valence-electron chi connectivity index (χ4n) is 1.72. The van der Waals surface area contributed by atoms with E-state index in [1.54, 1.807) is 7.05 Å². The average Bonchev–Trinajstić information content (AvgIpc) is 2.28. The van der Waals surface area contributed by atoms with Crippen LogP contribution < -0.4 is 5.73 Å². The monoisotopic (exact) mass is 270 g/mol. The molecule has 0 bridgehead atoms. The molecule has 0 unspecified atom stereocenters. The molecule has 102 valence electrons. The average molecular weight is 270 g/mol. The summed E-state index contributed by atoms with van der Waals surface area (Å²) in [6, 6.07) is 7.38. The molecular formula is C13H22N2O2S. The molecule has 1 aromatic rings. The number of hydrogen-bond donors (Lipinski definition) is 1. The lowest BCUT2D eigenvalue weighted by molar-refractivity contribution is 0.416. The van der Waals surface area contributed by atoms with Crippen LogP contribution in [-0.4, -0.2) is 26.3 Å². The molecule has 0 amide bonds. The Balaban J connectivity index is 2.75. The quantitative estimate of drug-likeness (QED) is 0.853. The van der Waals surface area contributed by atoms with E-state index in [4.69, 9.17) is 5.73 Å². The lowest BCUT2D eigenvalue weighted by atomic mass is 10.1. The molecule has 0 aliphatic heterocycles. The standard InChI is InChI=1S/C13H22N2O2S/c1-11(2)9-15(3)18(16,17)10-13-6-4-12(8-14)5-7-13/h4-7,11H,8-10,14H2,1-3H3. The maximum absolute atomic E-state index is 12.1. The third kappa shape index (κ3) is 4.40. The highest BCUT2D eigenvalue weighted by Crippen LogP contribution is 2.12. The normalized spacial score (nSPS) is 12.3. The minimum absolute atomic E-state index is 0.0427. The number of nitrogens with two attached hydrogens (primary N) is 1. The molecule has 2 N–H and O–H groups in total. The van der Waals surface area contributed by atoms with Gasteiger partial charge >= 0.3 is 0 Å². The van der Waals surface area contributed by atoms with Crippen molar-refractivity contribution in [3.05, 3.63) is 35.4 Å². The van der Waals surface area contributed by atoms with Crippen molar-refractivity contribution < 1.29 is 8.42 Å². The predicted molar refractivity (Wildman–Crippen MR) is 74.4 cm³/mol. The summed E-state index contributed by atoms with van der Waals surface area (Å²) in [6.45, 7) is 5.02. The Kier molecular flexibility index (Phi) is 5.31. The molecule has 4 nitrogen and oxygen atoms in total. The maximum atomic E-state index is 12.1. The van der Waals surface area contributed by atoms with E-state index in [2.05, 4.69) is 0 Å². The minimum Gasteiger partial charge on any atom is -0.326 e.